The molecule has 26 heavy (non-hydrogen) atoms. The van der Waals surface area contributed by atoms with Crippen LogP contribution in [-0.2, 0) is 4.79 Å². The maximum absolute atomic E-state index is 12.1. The lowest BCUT2D eigenvalue weighted by Gasteiger charge is -2.39. The molecule has 7 heteroatoms. The summed E-state index contributed by atoms with van der Waals surface area (Å²) < 4.78 is 0. The summed E-state index contributed by atoms with van der Waals surface area (Å²) in [5.74, 6) is 0.509. The van der Waals surface area contributed by atoms with Gasteiger partial charge >= 0.3 is 0 Å². The van der Waals surface area contributed by atoms with Crippen molar-refractivity contribution in [1.82, 2.24) is 20.4 Å². The average Bonchev–Trinajstić information content (AvgIpc) is 3.14. The third-order valence-electron chi connectivity index (χ3n) is 4.90. The molecule has 146 valence electrons. The van der Waals surface area contributed by atoms with Crippen LogP contribution >= 0.6 is 11.3 Å². The zero-order valence-electron chi connectivity index (χ0n) is 16.2. The van der Waals surface area contributed by atoms with E-state index >= 15 is 0 Å². The third kappa shape index (κ3) is 6.70. The van der Waals surface area contributed by atoms with Gasteiger partial charge in [-0.15, -0.1) is 11.3 Å². The molecule has 2 heterocycles. The van der Waals surface area contributed by atoms with E-state index in [0.29, 0.717) is 42.8 Å². The van der Waals surface area contributed by atoms with Gasteiger partial charge in [0.15, 0.2) is 0 Å². The second-order valence-electron chi connectivity index (χ2n) is 7.29. The van der Waals surface area contributed by atoms with Crippen LogP contribution in [0, 0.1) is 5.92 Å². The van der Waals surface area contributed by atoms with Crippen LogP contribution in [0.1, 0.15) is 36.4 Å². The first-order chi connectivity index (χ1) is 12.5. The van der Waals surface area contributed by atoms with E-state index < -0.39 is 0 Å². The van der Waals surface area contributed by atoms with E-state index in [1.807, 2.05) is 11.4 Å². The van der Waals surface area contributed by atoms with Crippen LogP contribution in [0.5, 0.6) is 0 Å². The van der Waals surface area contributed by atoms with Crippen LogP contribution in [0.25, 0.3) is 0 Å². The highest BCUT2D eigenvalue weighted by Crippen LogP contribution is 2.13. The monoisotopic (exact) mass is 380 g/mol. The number of nitrogens with zero attached hydrogens (tertiary/aromatic N) is 2. The van der Waals surface area contributed by atoms with Crippen LogP contribution < -0.4 is 10.6 Å². The first-order valence-electron chi connectivity index (χ1n) is 9.48. The molecule has 0 aromatic carbocycles. The van der Waals surface area contributed by atoms with Gasteiger partial charge < -0.3 is 15.5 Å². The Morgan fingerprint density at radius 1 is 1.19 bits per heavy atom. The van der Waals surface area contributed by atoms with E-state index in [1.54, 1.807) is 6.07 Å². The number of nitrogens with one attached hydrogen (secondary N) is 2. The van der Waals surface area contributed by atoms with Crippen molar-refractivity contribution >= 4 is 23.2 Å². The summed E-state index contributed by atoms with van der Waals surface area (Å²) >= 11 is 1.42. The average molecular weight is 381 g/mol. The van der Waals surface area contributed by atoms with Crippen LogP contribution in [0.4, 0.5) is 0 Å². The van der Waals surface area contributed by atoms with E-state index in [1.165, 1.54) is 11.3 Å². The summed E-state index contributed by atoms with van der Waals surface area (Å²) in [5.41, 5.74) is 0. The Bertz CT molecular complexity index is 554. The minimum absolute atomic E-state index is 0.0599. The van der Waals surface area contributed by atoms with Crippen LogP contribution in [-0.4, -0.2) is 74.0 Å². The molecule has 1 aliphatic heterocycles. The number of hydrogen-bond donors (Lipinski definition) is 2. The van der Waals surface area contributed by atoms with E-state index in [-0.39, 0.29) is 11.8 Å². The van der Waals surface area contributed by atoms with Crippen molar-refractivity contribution in [3.05, 3.63) is 22.4 Å². The van der Waals surface area contributed by atoms with Crippen LogP contribution in [0.15, 0.2) is 17.5 Å². The van der Waals surface area contributed by atoms with Gasteiger partial charge in [-0.2, -0.15) is 0 Å². The molecule has 0 spiro atoms. The van der Waals surface area contributed by atoms with E-state index in [9.17, 15) is 9.59 Å². The normalized spacial score (nSPS) is 17.2. The highest BCUT2D eigenvalue weighted by molar-refractivity contribution is 7.12. The van der Waals surface area contributed by atoms with Crippen molar-refractivity contribution in [3.8, 4) is 0 Å². The SMILES string of the molecule is CC(C)C(CNC(=O)CCCNC(=O)c1cccs1)N1CCN(C)CC1. The number of thiophene rings is 1. The smallest absolute Gasteiger partial charge is 0.261 e. The molecule has 0 radical (unpaired) electrons. The van der Waals surface area contributed by atoms with Gasteiger partial charge in [-0.25, -0.2) is 0 Å². The van der Waals surface area contributed by atoms with Crippen LogP contribution in [0.2, 0.25) is 0 Å². The standard InChI is InChI=1S/C19H32N4O2S/c1-15(2)16(23-11-9-22(3)10-12-23)14-21-18(24)7-4-8-20-19(25)17-6-5-13-26-17/h5-6,13,15-16H,4,7-12,14H2,1-3H3,(H,20,25)(H,21,24). The fraction of sp³-hybridized carbons (Fsp3) is 0.684. The molecule has 2 amide bonds. The fourth-order valence-electron chi connectivity index (χ4n) is 3.19. The molecule has 2 N–H and O–H groups in total. The lowest BCUT2D eigenvalue weighted by Crippen LogP contribution is -2.54. The molecule has 1 aromatic rings. The van der Waals surface area contributed by atoms with Crippen molar-refractivity contribution in [1.29, 1.82) is 0 Å². The fourth-order valence-corrected chi connectivity index (χ4v) is 3.83. The first kappa shape index (κ1) is 20.9. The second-order valence-corrected chi connectivity index (χ2v) is 8.24. The summed E-state index contributed by atoms with van der Waals surface area (Å²) in [6.45, 7) is 9.94. The molecule has 1 unspecified atom stereocenters. The summed E-state index contributed by atoms with van der Waals surface area (Å²) in [4.78, 5) is 29.5. The zero-order valence-corrected chi connectivity index (χ0v) is 17.0. The molecule has 1 atom stereocenters. The van der Waals surface area contributed by atoms with E-state index in [0.717, 1.165) is 26.2 Å². The Balaban J connectivity index is 1.64. The third-order valence-corrected chi connectivity index (χ3v) is 5.76. The maximum atomic E-state index is 12.1. The van der Waals surface area contributed by atoms with Crippen molar-refractivity contribution < 1.29 is 9.59 Å². The summed E-state index contributed by atoms with van der Waals surface area (Å²) in [5, 5.41) is 7.82. The van der Waals surface area contributed by atoms with Crippen LogP contribution in [0.3, 0.4) is 0 Å². The number of carbonyl (C=O) groups is 2. The lowest BCUT2D eigenvalue weighted by molar-refractivity contribution is -0.121. The maximum Gasteiger partial charge on any atom is 0.261 e. The van der Waals surface area contributed by atoms with Gasteiger partial charge in [0.2, 0.25) is 5.91 Å². The lowest BCUT2D eigenvalue weighted by atomic mass is 10.0. The summed E-state index contributed by atoms with van der Waals surface area (Å²) in [6.07, 6.45) is 1.10. The molecule has 6 nitrogen and oxygen atoms in total. The van der Waals surface area contributed by atoms with Crippen molar-refractivity contribution in [2.24, 2.45) is 5.92 Å². The molecule has 0 bridgehead atoms. The van der Waals surface area contributed by atoms with Gasteiger partial charge in [-0.05, 0) is 30.8 Å². The largest absolute Gasteiger partial charge is 0.355 e. The van der Waals surface area contributed by atoms with Gasteiger partial charge in [0, 0.05) is 51.7 Å². The second kappa shape index (κ2) is 10.6. The number of amides is 2. The molecule has 0 saturated carbocycles. The Hall–Kier alpha value is -1.44. The summed E-state index contributed by atoms with van der Waals surface area (Å²) in [6, 6.07) is 4.04. The molecule has 1 aliphatic rings. The van der Waals surface area contributed by atoms with Gasteiger partial charge in [0.25, 0.3) is 5.91 Å². The quantitative estimate of drug-likeness (QED) is 0.640. The molecule has 2 rings (SSSR count). The summed E-state index contributed by atoms with van der Waals surface area (Å²) in [7, 11) is 2.15. The highest BCUT2D eigenvalue weighted by atomic mass is 32.1. The Labute approximate surface area is 160 Å². The Morgan fingerprint density at radius 2 is 1.92 bits per heavy atom. The number of carbonyl (C=O) groups excluding carboxylic acids is 2. The number of likely N-dealkylation sites (N-methyl/N-ethyl adjacent to an activating group) is 1. The Morgan fingerprint density at radius 3 is 2.54 bits per heavy atom. The molecule has 1 fully saturated rings. The molecule has 0 aliphatic carbocycles. The van der Waals surface area contributed by atoms with Gasteiger partial charge in [0.1, 0.15) is 0 Å². The minimum atomic E-state index is -0.0599. The van der Waals surface area contributed by atoms with E-state index in [2.05, 4.69) is 41.3 Å². The van der Waals surface area contributed by atoms with Gasteiger partial charge in [0.05, 0.1) is 4.88 Å². The predicted octanol–water partition coefficient (Wildman–Crippen LogP) is 1.65. The van der Waals surface area contributed by atoms with E-state index in [4.69, 9.17) is 0 Å². The number of rotatable bonds is 9. The highest BCUT2D eigenvalue weighted by Gasteiger charge is 2.25. The Kier molecular flexibility index (Phi) is 8.54. The molecular weight excluding hydrogens is 348 g/mol. The predicted molar refractivity (Wildman–Crippen MR) is 107 cm³/mol. The van der Waals surface area contributed by atoms with Gasteiger partial charge in [-0.3, -0.25) is 14.5 Å². The van der Waals surface area contributed by atoms with Crippen molar-refractivity contribution in [3.63, 3.8) is 0 Å². The molecule has 1 saturated heterocycles. The molecular formula is C19H32N4O2S. The molecule has 1 aromatic heterocycles. The first-order valence-corrected chi connectivity index (χ1v) is 10.4. The number of piperazine rings is 1. The van der Waals surface area contributed by atoms with Crippen molar-refractivity contribution in [2.45, 2.75) is 32.7 Å². The number of hydrogen-bond acceptors (Lipinski definition) is 5. The van der Waals surface area contributed by atoms with Crippen molar-refractivity contribution in [2.75, 3.05) is 46.3 Å². The minimum Gasteiger partial charge on any atom is -0.355 e. The topological polar surface area (TPSA) is 64.7 Å². The van der Waals surface area contributed by atoms with Gasteiger partial charge in [-0.1, -0.05) is 19.9 Å². The zero-order chi connectivity index (χ0) is 18.9.